The normalized spacial score (nSPS) is 21.2. The summed E-state index contributed by atoms with van der Waals surface area (Å²) >= 11 is 6.13. The molecule has 4 heterocycles. The van der Waals surface area contributed by atoms with Crippen LogP contribution in [-0.4, -0.2) is 30.8 Å². The van der Waals surface area contributed by atoms with Crippen LogP contribution in [0.2, 0.25) is 5.02 Å². The Labute approximate surface area is 200 Å². The highest BCUT2D eigenvalue weighted by molar-refractivity contribution is 6.30. The number of nitrogens with two attached hydrogens (primary N) is 1. The lowest BCUT2D eigenvalue weighted by molar-refractivity contribution is -0.0648. The van der Waals surface area contributed by atoms with Crippen molar-refractivity contribution < 1.29 is 18.6 Å². The van der Waals surface area contributed by atoms with Crippen LogP contribution in [0.4, 0.5) is 4.39 Å². The molecule has 0 unspecified atom stereocenters. The van der Waals surface area contributed by atoms with E-state index in [9.17, 15) is 4.39 Å². The van der Waals surface area contributed by atoms with Gasteiger partial charge in [-0.15, -0.1) is 0 Å². The van der Waals surface area contributed by atoms with E-state index in [1.54, 1.807) is 24.4 Å². The van der Waals surface area contributed by atoms with Gasteiger partial charge in [0.2, 0.25) is 5.88 Å². The van der Waals surface area contributed by atoms with Crippen molar-refractivity contribution in [2.45, 2.75) is 12.5 Å². The van der Waals surface area contributed by atoms with Gasteiger partial charge in [0.05, 0.1) is 24.2 Å². The van der Waals surface area contributed by atoms with Gasteiger partial charge in [-0.25, -0.2) is 14.4 Å². The zero-order valence-corrected chi connectivity index (χ0v) is 18.9. The molecule has 6 nitrogen and oxygen atoms in total. The van der Waals surface area contributed by atoms with Gasteiger partial charge in [-0.2, -0.15) is 0 Å². The third-order valence-corrected chi connectivity index (χ3v) is 6.48. The number of aliphatic imine (C=N–C) groups is 1. The average Bonchev–Trinajstić information content (AvgIpc) is 3.20. The maximum Gasteiger partial charge on any atom is 0.283 e. The lowest BCUT2D eigenvalue weighted by Gasteiger charge is -2.33. The molecular weight excluding hydrogens is 457 g/mol. The Balaban J connectivity index is 1.50. The number of fused-ring (bicyclic) bond motifs is 4. The minimum atomic E-state index is -0.994. The van der Waals surface area contributed by atoms with Crippen molar-refractivity contribution in [1.82, 2.24) is 4.98 Å². The van der Waals surface area contributed by atoms with Crippen molar-refractivity contribution in [1.29, 1.82) is 0 Å². The first-order valence-electron chi connectivity index (χ1n) is 10.7. The average molecular weight is 476 g/mol. The van der Waals surface area contributed by atoms with Crippen LogP contribution in [0.5, 0.6) is 11.6 Å². The first-order chi connectivity index (χ1) is 16.4. The third kappa shape index (κ3) is 3.30. The Morgan fingerprint density at radius 2 is 1.94 bits per heavy atom. The zero-order chi connectivity index (χ0) is 23.5. The van der Waals surface area contributed by atoms with E-state index >= 15 is 0 Å². The van der Waals surface area contributed by atoms with Gasteiger partial charge in [-0.3, -0.25) is 0 Å². The second kappa shape index (κ2) is 7.45. The fourth-order valence-electron chi connectivity index (χ4n) is 4.39. The van der Waals surface area contributed by atoms with Crippen LogP contribution in [0.1, 0.15) is 23.6 Å². The van der Waals surface area contributed by atoms with Crippen molar-refractivity contribution >= 4 is 17.6 Å². The Bertz CT molecular complexity index is 1440. The van der Waals surface area contributed by atoms with Gasteiger partial charge in [0.1, 0.15) is 18.2 Å². The first-order valence-corrected chi connectivity index (χ1v) is 11.1. The summed E-state index contributed by atoms with van der Waals surface area (Å²) in [5, 5.41) is 0.440. The smallest absolute Gasteiger partial charge is 0.283 e. The summed E-state index contributed by atoms with van der Waals surface area (Å²) in [7, 11) is 0. The van der Waals surface area contributed by atoms with E-state index in [2.05, 4.69) is 28.7 Å². The number of rotatable bonds is 1. The molecular formula is C26H19ClFN3O3. The minimum absolute atomic E-state index is 0.0637. The Morgan fingerprint density at radius 3 is 2.68 bits per heavy atom. The maximum absolute atomic E-state index is 14.6. The standard InChI is InChI=1S/C26H19ClFN3O3/c1-25(12-32-13-25)7-6-15-8-20-23(30-11-15)34-22-5-2-16(18-10-17(27)3-4-21(18)28)9-19(22)26(20)14-33-24(29)31-26/h2-5,8-11H,12-14H2,1H3,(H2,29,31)/t26-/m0/s1. The highest BCUT2D eigenvalue weighted by Gasteiger charge is 2.48. The molecule has 3 aliphatic rings. The largest absolute Gasteiger partial charge is 0.462 e. The van der Waals surface area contributed by atoms with E-state index in [-0.39, 0.29) is 23.9 Å². The predicted molar refractivity (Wildman–Crippen MR) is 125 cm³/mol. The molecule has 1 fully saturated rings. The fourth-order valence-corrected chi connectivity index (χ4v) is 4.56. The highest BCUT2D eigenvalue weighted by Crippen LogP contribution is 2.51. The zero-order valence-electron chi connectivity index (χ0n) is 18.2. The summed E-state index contributed by atoms with van der Waals surface area (Å²) in [6, 6.07) is 11.8. The molecule has 0 amide bonds. The summed E-state index contributed by atoms with van der Waals surface area (Å²) in [5.41, 5.74) is 7.93. The molecule has 0 saturated carbocycles. The van der Waals surface area contributed by atoms with Gasteiger partial charge in [-0.1, -0.05) is 29.5 Å². The maximum atomic E-state index is 14.6. The number of ether oxygens (including phenoxy) is 3. The molecule has 170 valence electrons. The van der Waals surface area contributed by atoms with Crippen molar-refractivity contribution in [3.63, 3.8) is 0 Å². The SMILES string of the molecule is CC1(C#Cc2cnc3c(c2)[C@]2(COC(N)=N2)c2cc(-c4cc(Cl)ccc4F)ccc2O3)COC1. The molecule has 3 aliphatic heterocycles. The molecule has 0 radical (unpaired) electrons. The summed E-state index contributed by atoms with van der Waals surface area (Å²) in [4.78, 5) is 9.19. The van der Waals surface area contributed by atoms with Crippen LogP contribution in [0.3, 0.4) is 0 Å². The van der Waals surface area contributed by atoms with Gasteiger partial charge in [0, 0.05) is 27.9 Å². The molecule has 8 heteroatoms. The number of nitrogens with zero attached hydrogens (tertiary/aromatic N) is 2. The predicted octanol–water partition coefficient (Wildman–Crippen LogP) is 4.62. The molecule has 34 heavy (non-hydrogen) atoms. The van der Waals surface area contributed by atoms with E-state index < -0.39 is 5.54 Å². The van der Waals surface area contributed by atoms with Gasteiger partial charge >= 0.3 is 0 Å². The van der Waals surface area contributed by atoms with Crippen molar-refractivity contribution in [2.75, 3.05) is 19.8 Å². The van der Waals surface area contributed by atoms with E-state index in [1.165, 1.54) is 12.1 Å². The molecule has 1 spiro atoms. The third-order valence-electron chi connectivity index (χ3n) is 6.25. The molecule has 1 saturated heterocycles. The topological polar surface area (TPSA) is 79.0 Å². The van der Waals surface area contributed by atoms with Crippen LogP contribution in [0.25, 0.3) is 11.1 Å². The van der Waals surface area contributed by atoms with Gasteiger partial charge in [-0.05, 0) is 48.9 Å². The Kier molecular flexibility index (Phi) is 4.60. The van der Waals surface area contributed by atoms with Crippen molar-refractivity contribution in [3.05, 3.63) is 76.2 Å². The summed E-state index contributed by atoms with van der Waals surface area (Å²) in [6.45, 7) is 3.43. The Morgan fingerprint density at radius 1 is 1.09 bits per heavy atom. The second-order valence-electron chi connectivity index (χ2n) is 8.92. The van der Waals surface area contributed by atoms with Crippen LogP contribution in [0, 0.1) is 23.1 Å². The van der Waals surface area contributed by atoms with Crippen molar-refractivity contribution in [2.24, 2.45) is 16.1 Å². The molecule has 6 rings (SSSR count). The van der Waals surface area contributed by atoms with E-state index in [4.69, 9.17) is 31.5 Å². The van der Waals surface area contributed by atoms with Crippen LogP contribution >= 0.6 is 11.6 Å². The molecule has 2 aromatic carbocycles. The van der Waals surface area contributed by atoms with Crippen LogP contribution in [0.15, 0.2) is 53.7 Å². The van der Waals surface area contributed by atoms with Crippen LogP contribution < -0.4 is 10.5 Å². The summed E-state index contributed by atoms with van der Waals surface area (Å²) in [5.74, 6) is 7.03. The molecule has 0 aliphatic carbocycles. The lowest BCUT2D eigenvalue weighted by atomic mass is 9.81. The van der Waals surface area contributed by atoms with Gasteiger partial charge in [0.15, 0.2) is 5.54 Å². The highest BCUT2D eigenvalue weighted by atomic mass is 35.5. The number of halogens is 2. The molecule has 3 aromatic rings. The fraction of sp³-hybridized carbons (Fsp3) is 0.231. The molecule has 2 N–H and O–H groups in total. The summed E-state index contributed by atoms with van der Waals surface area (Å²) in [6.07, 6.45) is 1.67. The molecule has 1 aromatic heterocycles. The lowest BCUT2D eigenvalue weighted by Crippen LogP contribution is -2.38. The number of hydrogen-bond donors (Lipinski definition) is 1. The number of amidine groups is 1. The van der Waals surface area contributed by atoms with E-state index in [1.807, 2.05) is 12.1 Å². The van der Waals surface area contributed by atoms with Gasteiger partial charge in [0.25, 0.3) is 6.02 Å². The quantitative estimate of drug-likeness (QED) is 0.519. The number of benzene rings is 2. The van der Waals surface area contributed by atoms with E-state index in [0.717, 1.165) is 5.56 Å². The number of pyridine rings is 1. The summed E-state index contributed by atoms with van der Waals surface area (Å²) < 4.78 is 31.7. The van der Waals surface area contributed by atoms with Crippen molar-refractivity contribution in [3.8, 4) is 34.6 Å². The Hall–Kier alpha value is -3.60. The second-order valence-corrected chi connectivity index (χ2v) is 9.35. The van der Waals surface area contributed by atoms with Gasteiger partial charge < -0.3 is 19.9 Å². The number of hydrogen-bond acceptors (Lipinski definition) is 6. The number of aromatic nitrogens is 1. The van der Waals surface area contributed by atoms with E-state index in [0.29, 0.717) is 52.1 Å². The molecule has 1 atom stereocenters. The van der Waals surface area contributed by atoms with Crippen LogP contribution in [-0.2, 0) is 15.0 Å². The monoisotopic (exact) mass is 475 g/mol. The molecule has 0 bridgehead atoms. The first kappa shape index (κ1) is 21.0. The minimum Gasteiger partial charge on any atom is -0.462 e.